The second-order valence-electron chi connectivity index (χ2n) is 3.86. The Morgan fingerprint density at radius 3 is 2.35 bits per heavy atom. The van der Waals surface area contributed by atoms with Crippen LogP contribution in [0, 0.1) is 4.91 Å². The summed E-state index contributed by atoms with van der Waals surface area (Å²) in [5.41, 5.74) is 2.83. The number of hydrogen-bond donors (Lipinski definition) is 1. The van der Waals surface area contributed by atoms with Crippen LogP contribution in [-0.2, 0) is 0 Å². The van der Waals surface area contributed by atoms with Crippen molar-refractivity contribution in [3.05, 3.63) is 65.1 Å². The minimum atomic E-state index is -0.345. The lowest BCUT2D eigenvalue weighted by Gasteiger charge is -2.12. The van der Waals surface area contributed by atoms with Gasteiger partial charge >= 0.3 is 0 Å². The molecule has 0 heterocycles. The van der Waals surface area contributed by atoms with Crippen LogP contribution in [0.2, 0.25) is 0 Å². The summed E-state index contributed by atoms with van der Waals surface area (Å²) >= 11 is 0. The molecule has 86 valence electrons. The zero-order chi connectivity index (χ0) is 12.1. The molecule has 1 N–H and O–H groups in total. The lowest BCUT2D eigenvalue weighted by molar-refractivity contribution is 0.814. The van der Waals surface area contributed by atoms with Gasteiger partial charge in [-0.2, -0.15) is 4.91 Å². The first-order valence-electron chi connectivity index (χ1n) is 5.54. The van der Waals surface area contributed by atoms with E-state index in [1.165, 1.54) is 0 Å². The van der Waals surface area contributed by atoms with E-state index >= 15 is 0 Å². The molecule has 0 aliphatic heterocycles. The lowest BCUT2D eigenvalue weighted by Crippen LogP contribution is -1.97. The molecule has 2 aromatic rings. The molecule has 3 nitrogen and oxygen atoms in total. The van der Waals surface area contributed by atoms with Crippen molar-refractivity contribution in [2.75, 3.05) is 5.32 Å². The zero-order valence-corrected chi connectivity index (χ0v) is 9.63. The number of anilines is 2. The van der Waals surface area contributed by atoms with Gasteiger partial charge in [0.1, 0.15) is 6.04 Å². The predicted octanol–water partition coefficient (Wildman–Crippen LogP) is 4.26. The highest BCUT2D eigenvalue weighted by atomic mass is 16.3. The highest BCUT2D eigenvalue weighted by Gasteiger charge is 2.09. The monoisotopic (exact) mass is 226 g/mol. The van der Waals surface area contributed by atoms with Gasteiger partial charge in [0, 0.05) is 16.9 Å². The van der Waals surface area contributed by atoms with E-state index in [0.29, 0.717) is 0 Å². The Labute approximate surface area is 100 Å². The maximum absolute atomic E-state index is 10.6. The van der Waals surface area contributed by atoms with E-state index in [0.717, 1.165) is 16.9 Å². The van der Waals surface area contributed by atoms with Crippen LogP contribution in [0.3, 0.4) is 0 Å². The van der Waals surface area contributed by atoms with Crippen molar-refractivity contribution in [3.63, 3.8) is 0 Å². The minimum absolute atomic E-state index is 0.345. The van der Waals surface area contributed by atoms with E-state index in [-0.39, 0.29) is 6.04 Å². The topological polar surface area (TPSA) is 41.5 Å². The van der Waals surface area contributed by atoms with Crippen molar-refractivity contribution in [2.45, 2.75) is 13.0 Å². The average molecular weight is 226 g/mol. The van der Waals surface area contributed by atoms with Crippen molar-refractivity contribution in [2.24, 2.45) is 5.18 Å². The molecule has 0 saturated heterocycles. The summed E-state index contributed by atoms with van der Waals surface area (Å²) in [7, 11) is 0. The summed E-state index contributed by atoms with van der Waals surface area (Å²) in [5.74, 6) is 0. The van der Waals surface area contributed by atoms with Gasteiger partial charge in [0.2, 0.25) is 0 Å². The molecule has 1 atom stereocenters. The maximum atomic E-state index is 10.6. The number of para-hydroxylation sites is 2. The van der Waals surface area contributed by atoms with Gasteiger partial charge in [-0.3, -0.25) is 0 Å². The van der Waals surface area contributed by atoms with Crippen LogP contribution in [0.15, 0.2) is 59.8 Å². The summed E-state index contributed by atoms with van der Waals surface area (Å²) in [6, 6.07) is 17.2. The Balaban J connectivity index is 2.30. The van der Waals surface area contributed by atoms with Gasteiger partial charge in [0.05, 0.1) is 0 Å². The molecule has 17 heavy (non-hydrogen) atoms. The zero-order valence-electron chi connectivity index (χ0n) is 9.63. The first-order valence-corrected chi connectivity index (χ1v) is 5.54. The predicted molar refractivity (Wildman–Crippen MR) is 70.4 cm³/mol. The molecule has 2 rings (SSSR count). The Morgan fingerprint density at radius 2 is 1.65 bits per heavy atom. The molecule has 1 unspecified atom stereocenters. The third-order valence-electron chi connectivity index (χ3n) is 2.62. The second-order valence-corrected chi connectivity index (χ2v) is 3.86. The van der Waals surface area contributed by atoms with Crippen molar-refractivity contribution < 1.29 is 0 Å². The van der Waals surface area contributed by atoms with Crippen molar-refractivity contribution in [3.8, 4) is 0 Å². The van der Waals surface area contributed by atoms with Crippen LogP contribution >= 0.6 is 0 Å². The van der Waals surface area contributed by atoms with Gasteiger partial charge in [-0.25, -0.2) is 0 Å². The molecule has 3 heteroatoms. The fourth-order valence-corrected chi connectivity index (χ4v) is 1.71. The van der Waals surface area contributed by atoms with Crippen LogP contribution in [-0.4, -0.2) is 0 Å². The Bertz CT molecular complexity index is 497. The fraction of sp³-hybridized carbons (Fsp3) is 0.143. The number of hydrogen-bond acceptors (Lipinski definition) is 3. The molecule has 0 radical (unpaired) electrons. The Morgan fingerprint density at radius 1 is 1.00 bits per heavy atom. The highest BCUT2D eigenvalue weighted by molar-refractivity contribution is 5.63. The van der Waals surface area contributed by atoms with Crippen LogP contribution in [0.5, 0.6) is 0 Å². The van der Waals surface area contributed by atoms with Crippen molar-refractivity contribution in [1.82, 2.24) is 0 Å². The van der Waals surface area contributed by atoms with E-state index in [2.05, 4.69) is 10.5 Å². The summed E-state index contributed by atoms with van der Waals surface area (Å²) in [6.45, 7) is 1.79. The molecule has 0 amide bonds. The van der Waals surface area contributed by atoms with Crippen LogP contribution in [0.25, 0.3) is 0 Å². The lowest BCUT2D eigenvalue weighted by atomic mass is 10.1. The van der Waals surface area contributed by atoms with Gasteiger partial charge in [-0.05, 0) is 25.1 Å². The fourth-order valence-electron chi connectivity index (χ4n) is 1.71. The normalized spacial score (nSPS) is 11.8. The molecule has 0 aromatic heterocycles. The number of rotatable bonds is 4. The second kappa shape index (κ2) is 5.25. The van der Waals surface area contributed by atoms with Crippen molar-refractivity contribution in [1.29, 1.82) is 0 Å². The Hall–Kier alpha value is -2.16. The van der Waals surface area contributed by atoms with E-state index in [1.807, 2.05) is 54.6 Å². The van der Waals surface area contributed by atoms with Gasteiger partial charge in [-0.1, -0.05) is 41.6 Å². The number of benzene rings is 2. The summed E-state index contributed by atoms with van der Waals surface area (Å²) in [4.78, 5) is 10.6. The maximum Gasteiger partial charge on any atom is 0.116 e. The van der Waals surface area contributed by atoms with E-state index in [4.69, 9.17) is 0 Å². The van der Waals surface area contributed by atoms with Crippen LogP contribution in [0.1, 0.15) is 18.5 Å². The van der Waals surface area contributed by atoms with E-state index in [1.54, 1.807) is 6.92 Å². The van der Waals surface area contributed by atoms with Gasteiger partial charge in [0.25, 0.3) is 0 Å². The standard InChI is InChI=1S/C14H14N2O/c1-11(16-17)13-9-5-6-10-14(13)15-12-7-3-2-4-8-12/h2-11,15H,1H3. The molecular weight excluding hydrogens is 212 g/mol. The largest absolute Gasteiger partial charge is 0.355 e. The first-order chi connectivity index (χ1) is 8.31. The Kier molecular flexibility index (Phi) is 3.50. The number of nitrogens with one attached hydrogen (secondary N) is 1. The van der Waals surface area contributed by atoms with E-state index in [9.17, 15) is 4.91 Å². The van der Waals surface area contributed by atoms with Gasteiger partial charge in [-0.15, -0.1) is 0 Å². The molecule has 0 spiro atoms. The third-order valence-corrected chi connectivity index (χ3v) is 2.62. The molecular formula is C14H14N2O. The average Bonchev–Trinajstić information content (AvgIpc) is 2.40. The van der Waals surface area contributed by atoms with Crippen LogP contribution < -0.4 is 5.32 Å². The number of nitrogens with zero attached hydrogens (tertiary/aromatic N) is 1. The van der Waals surface area contributed by atoms with Gasteiger partial charge in [0.15, 0.2) is 0 Å². The summed E-state index contributed by atoms with van der Waals surface area (Å²) in [5, 5.41) is 6.36. The highest BCUT2D eigenvalue weighted by Crippen LogP contribution is 2.27. The quantitative estimate of drug-likeness (QED) is 0.791. The molecule has 0 aliphatic carbocycles. The molecule has 0 fully saturated rings. The molecule has 0 saturated carbocycles. The van der Waals surface area contributed by atoms with Crippen LogP contribution in [0.4, 0.5) is 11.4 Å². The summed E-state index contributed by atoms with van der Waals surface area (Å²) in [6.07, 6.45) is 0. The smallest absolute Gasteiger partial charge is 0.116 e. The number of nitroso groups, excluding NO2 is 1. The first kappa shape index (κ1) is 11.3. The van der Waals surface area contributed by atoms with Crippen molar-refractivity contribution >= 4 is 11.4 Å². The molecule has 0 aliphatic rings. The summed E-state index contributed by atoms with van der Waals surface area (Å²) < 4.78 is 0. The van der Waals surface area contributed by atoms with Gasteiger partial charge < -0.3 is 5.32 Å². The SMILES string of the molecule is CC(N=O)c1ccccc1Nc1ccccc1. The van der Waals surface area contributed by atoms with E-state index < -0.39 is 0 Å². The molecule has 0 bridgehead atoms. The molecule has 2 aromatic carbocycles. The minimum Gasteiger partial charge on any atom is -0.355 e. The third kappa shape index (κ3) is 2.69.